The van der Waals surface area contributed by atoms with Crippen molar-refractivity contribution in [1.82, 2.24) is 0 Å². The minimum absolute atomic E-state index is 0.291. The molecule has 0 amide bonds. The van der Waals surface area contributed by atoms with Crippen LogP contribution in [0.25, 0.3) is 0 Å². The van der Waals surface area contributed by atoms with E-state index in [2.05, 4.69) is 4.74 Å². The number of methoxy groups -OCH3 is 1. The van der Waals surface area contributed by atoms with Gasteiger partial charge in [0.05, 0.1) is 6.61 Å². The molecule has 0 radical (unpaired) electrons. The molecule has 0 unspecified atom stereocenters. The van der Waals surface area contributed by atoms with E-state index in [-0.39, 0.29) is 0 Å². The molecule has 52 valence electrons. The number of carbonyl (C=O) groups excluding carboxylic acids is 1. The molecule has 0 atom stereocenters. The van der Waals surface area contributed by atoms with Crippen molar-refractivity contribution in [2.45, 2.75) is 6.92 Å². The van der Waals surface area contributed by atoms with E-state index < -0.39 is 0 Å². The van der Waals surface area contributed by atoms with E-state index in [1.807, 2.05) is 0 Å². The largest absolute Gasteiger partial charge is 0.380 e. The molecule has 0 fully saturated rings. The van der Waals surface area contributed by atoms with Crippen LogP contribution >= 0.6 is 11.6 Å². The van der Waals surface area contributed by atoms with Crippen molar-refractivity contribution in [3.8, 4) is 0 Å². The van der Waals surface area contributed by atoms with Gasteiger partial charge in [0.15, 0.2) is 0 Å². The number of allylic oxidation sites excluding steroid dienone is 1. The Kier molecular flexibility index (Phi) is 4.36. The number of aldehydes is 1. The summed E-state index contributed by atoms with van der Waals surface area (Å²) in [6.45, 7) is 1.95. The first-order valence-electron chi connectivity index (χ1n) is 2.51. The number of carbonyl (C=O) groups is 1. The summed E-state index contributed by atoms with van der Waals surface area (Å²) < 4.78 is 4.68. The minimum atomic E-state index is 0.291. The molecule has 0 aromatic rings. The van der Waals surface area contributed by atoms with Gasteiger partial charge >= 0.3 is 0 Å². The van der Waals surface area contributed by atoms with E-state index in [1.54, 1.807) is 6.92 Å². The molecule has 0 aliphatic heterocycles. The lowest BCUT2D eigenvalue weighted by atomic mass is 10.3. The Morgan fingerprint density at radius 2 is 2.33 bits per heavy atom. The van der Waals surface area contributed by atoms with Gasteiger partial charge in [-0.3, -0.25) is 4.79 Å². The molecule has 3 heteroatoms. The van der Waals surface area contributed by atoms with Gasteiger partial charge in [0.2, 0.25) is 0 Å². The summed E-state index contributed by atoms with van der Waals surface area (Å²) in [4.78, 5) is 10.1. The van der Waals surface area contributed by atoms with Gasteiger partial charge in [0, 0.05) is 17.7 Å². The smallest absolute Gasteiger partial charge is 0.149 e. The Bertz CT molecular complexity index is 125. The van der Waals surface area contributed by atoms with Crippen LogP contribution < -0.4 is 0 Å². The molecule has 0 N–H and O–H groups in total. The Morgan fingerprint density at radius 1 is 1.78 bits per heavy atom. The van der Waals surface area contributed by atoms with Crippen molar-refractivity contribution in [2.24, 2.45) is 0 Å². The standard InChI is InChI=1S/C6H9ClO2/c1-5(7)6(3-8)4-9-2/h3H,4H2,1-2H3/b6-5-. The maximum absolute atomic E-state index is 10.1. The zero-order chi connectivity index (χ0) is 7.28. The van der Waals surface area contributed by atoms with Crippen LogP contribution in [0.15, 0.2) is 10.6 Å². The third kappa shape index (κ3) is 3.27. The normalized spacial score (nSPS) is 12.8. The lowest BCUT2D eigenvalue weighted by Crippen LogP contribution is -1.96. The van der Waals surface area contributed by atoms with Crippen molar-refractivity contribution in [3.63, 3.8) is 0 Å². The Hall–Kier alpha value is -0.340. The van der Waals surface area contributed by atoms with E-state index in [1.165, 1.54) is 7.11 Å². The van der Waals surface area contributed by atoms with Crippen LogP contribution in [0.5, 0.6) is 0 Å². The fraction of sp³-hybridized carbons (Fsp3) is 0.500. The number of hydrogen-bond acceptors (Lipinski definition) is 2. The van der Waals surface area contributed by atoms with E-state index >= 15 is 0 Å². The maximum atomic E-state index is 10.1. The summed E-state index contributed by atoms with van der Waals surface area (Å²) in [7, 11) is 1.52. The zero-order valence-electron chi connectivity index (χ0n) is 5.48. The van der Waals surface area contributed by atoms with Crippen molar-refractivity contribution in [1.29, 1.82) is 0 Å². The summed E-state index contributed by atoms with van der Waals surface area (Å²) in [5, 5.41) is 0.492. The van der Waals surface area contributed by atoms with Gasteiger partial charge < -0.3 is 4.74 Å². The third-order valence-corrected chi connectivity index (χ3v) is 1.13. The average Bonchev–Trinajstić information content (AvgIpc) is 1.82. The second kappa shape index (κ2) is 4.53. The maximum Gasteiger partial charge on any atom is 0.149 e. The van der Waals surface area contributed by atoms with Crippen LogP contribution in [-0.2, 0) is 9.53 Å². The van der Waals surface area contributed by atoms with Gasteiger partial charge in [0.25, 0.3) is 0 Å². The molecule has 0 bridgehead atoms. The number of halogens is 1. The van der Waals surface area contributed by atoms with Crippen LogP contribution in [0.3, 0.4) is 0 Å². The molecule has 0 saturated heterocycles. The van der Waals surface area contributed by atoms with Crippen LogP contribution in [0, 0.1) is 0 Å². The van der Waals surface area contributed by atoms with Crippen molar-refractivity contribution in [3.05, 3.63) is 10.6 Å². The molecule has 0 rings (SSSR count). The number of hydrogen-bond donors (Lipinski definition) is 0. The lowest BCUT2D eigenvalue weighted by molar-refractivity contribution is -0.105. The third-order valence-electron chi connectivity index (χ3n) is 0.885. The highest BCUT2D eigenvalue weighted by atomic mass is 35.5. The van der Waals surface area contributed by atoms with E-state index in [0.717, 1.165) is 0 Å². The highest BCUT2D eigenvalue weighted by Crippen LogP contribution is 2.05. The van der Waals surface area contributed by atoms with E-state index in [4.69, 9.17) is 11.6 Å². The molecule has 0 spiro atoms. The summed E-state index contributed by atoms with van der Waals surface area (Å²) in [5.41, 5.74) is 0.499. The molecule has 0 saturated carbocycles. The van der Waals surface area contributed by atoms with Gasteiger partial charge in [0.1, 0.15) is 6.29 Å². The fourth-order valence-corrected chi connectivity index (χ4v) is 0.469. The molecule has 0 aliphatic rings. The second-order valence-electron chi connectivity index (χ2n) is 1.61. The molecule has 0 heterocycles. The predicted octanol–water partition coefficient (Wildman–Crippen LogP) is 1.34. The summed E-state index contributed by atoms with van der Waals surface area (Å²) >= 11 is 5.49. The molecule has 9 heavy (non-hydrogen) atoms. The second-order valence-corrected chi connectivity index (χ2v) is 2.18. The van der Waals surface area contributed by atoms with E-state index in [9.17, 15) is 4.79 Å². The quantitative estimate of drug-likeness (QED) is 0.446. The minimum Gasteiger partial charge on any atom is -0.380 e. The lowest BCUT2D eigenvalue weighted by Gasteiger charge is -1.96. The molecule has 0 aromatic carbocycles. The number of ether oxygens (including phenoxy) is 1. The van der Waals surface area contributed by atoms with Crippen LogP contribution in [0.1, 0.15) is 6.92 Å². The monoisotopic (exact) mass is 148 g/mol. The van der Waals surface area contributed by atoms with Crippen LogP contribution in [0.4, 0.5) is 0 Å². The highest BCUT2D eigenvalue weighted by Gasteiger charge is 1.96. The molecule has 2 nitrogen and oxygen atoms in total. The van der Waals surface area contributed by atoms with Gasteiger partial charge in [-0.15, -0.1) is 0 Å². The van der Waals surface area contributed by atoms with Gasteiger partial charge in [-0.1, -0.05) is 11.6 Å². The topological polar surface area (TPSA) is 26.3 Å². The first-order valence-corrected chi connectivity index (χ1v) is 2.89. The van der Waals surface area contributed by atoms with Crippen LogP contribution in [-0.4, -0.2) is 20.0 Å². The SMILES string of the molecule is COC/C(C=O)=C(/C)Cl. The van der Waals surface area contributed by atoms with Crippen molar-refractivity contribution in [2.75, 3.05) is 13.7 Å². The first-order chi connectivity index (χ1) is 4.22. The highest BCUT2D eigenvalue weighted by molar-refractivity contribution is 6.30. The molecular weight excluding hydrogens is 140 g/mol. The van der Waals surface area contributed by atoms with Crippen molar-refractivity contribution >= 4 is 17.9 Å². The van der Waals surface area contributed by atoms with Crippen molar-refractivity contribution < 1.29 is 9.53 Å². The Labute approximate surface area is 59.5 Å². The number of rotatable bonds is 3. The summed E-state index contributed by atoms with van der Waals surface area (Å²) in [6, 6.07) is 0. The van der Waals surface area contributed by atoms with Gasteiger partial charge in [-0.05, 0) is 6.92 Å². The molecule has 0 aliphatic carbocycles. The predicted molar refractivity (Wildman–Crippen MR) is 36.5 cm³/mol. The summed E-state index contributed by atoms with van der Waals surface area (Å²) in [5.74, 6) is 0. The summed E-state index contributed by atoms with van der Waals surface area (Å²) in [6.07, 6.45) is 0.700. The molecule has 0 aromatic heterocycles. The zero-order valence-corrected chi connectivity index (χ0v) is 6.23. The average molecular weight is 149 g/mol. The van der Waals surface area contributed by atoms with Crippen LogP contribution in [0.2, 0.25) is 0 Å². The Balaban J connectivity index is 3.98. The van der Waals surface area contributed by atoms with E-state index in [0.29, 0.717) is 23.5 Å². The molecular formula is C6H9ClO2. The van der Waals surface area contributed by atoms with Gasteiger partial charge in [-0.25, -0.2) is 0 Å². The Morgan fingerprint density at radius 3 is 2.44 bits per heavy atom. The fourth-order valence-electron chi connectivity index (χ4n) is 0.370. The first kappa shape index (κ1) is 8.66. The van der Waals surface area contributed by atoms with Gasteiger partial charge in [-0.2, -0.15) is 0 Å².